The molecule has 1 saturated heterocycles. The van der Waals surface area contributed by atoms with E-state index in [1.807, 2.05) is 13.8 Å². The lowest BCUT2D eigenvalue weighted by Crippen LogP contribution is -2.31. The molecule has 0 spiro atoms. The maximum atomic E-state index is 11.6. The fourth-order valence-corrected chi connectivity index (χ4v) is 2.11. The Bertz CT molecular complexity index is 517. The van der Waals surface area contributed by atoms with Crippen LogP contribution in [0.1, 0.15) is 26.5 Å². The Labute approximate surface area is 97.9 Å². The lowest BCUT2D eigenvalue weighted by molar-refractivity contribution is -0.0428. The zero-order valence-corrected chi connectivity index (χ0v) is 9.84. The van der Waals surface area contributed by atoms with E-state index in [1.54, 1.807) is 0 Å². The van der Waals surface area contributed by atoms with Gasteiger partial charge in [0.25, 0.3) is 5.56 Å². The van der Waals surface area contributed by atoms with Crippen molar-refractivity contribution in [1.29, 1.82) is 0 Å². The van der Waals surface area contributed by atoms with Gasteiger partial charge in [0.05, 0.1) is 12.7 Å². The van der Waals surface area contributed by atoms with Crippen LogP contribution in [-0.4, -0.2) is 27.4 Å². The monoisotopic (exact) mass is 240 g/mol. The lowest BCUT2D eigenvalue weighted by Gasteiger charge is -2.22. The molecule has 0 bridgehead atoms. The van der Waals surface area contributed by atoms with Gasteiger partial charge in [0.2, 0.25) is 0 Å². The minimum absolute atomic E-state index is 0.0817. The number of nitrogens with zero attached hydrogens (tertiary/aromatic N) is 1. The van der Waals surface area contributed by atoms with Crippen LogP contribution in [0.25, 0.3) is 0 Å². The van der Waals surface area contributed by atoms with E-state index in [2.05, 4.69) is 4.98 Å². The molecular formula is C11H16N2O4. The number of hydrogen-bond acceptors (Lipinski definition) is 4. The first-order valence-electron chi connectivity index (χ1n) is 5.52. The molecule has 1 aromatic heterocycles. The molecule has 1 aromatic rings. The molecule has 1 fully saturated rings. The van der Waals surface area contributed by atoms with Crippen LogP contribution in [0.15, 0.2) is 21.9 Å². The van der Waals surface area contributed by atoms with Crippen LogP contribution in [0.4, 0.5) is 0 Å². The van der Waals surface area contributed by atoms with E-state index in [0.29, 0.717) is 6.42 Å². The van der Waals surface area contributed by atoms with Crippen LogP contribution in [0, 0.1) is 5.41 Å². The third kappa shape index (κ3) is 2.18. The molecule has 1 aliphatic rings. The maximum absolute atomic E-state index is 11.6. The SMILES string of the molecule is CC1(C)C[C@@H](n2ccc(=O)[nH]c2=O)O[C@@H]1CO. The highest BCUT2D eigenvalue weighted by Crippen LogP contribution is 2.41. The van der Waals surface area contributed by atoms with E-state index in [9.17, 15) is 14.7 Å². The predicted molar refractivity (Wildman–Crippen MR) is 60.7 cm³/mol. The quantitative estimate of drug-likeness (QED) is 0.752. The van der Waals surface area contributed by atoms with Gasteiger partial charge in [-0.25, -0.2) is 4.79 Å². The van der Waals surface area contributed by atoms with Crippen LogP contribution >= 0.6 is 0 Å². The second-order valence-electron chi connectivity index (χ2n) is 4.97. The van der Waals surface area contributed by atoms with Crippen molar-refractivity contribution in [3.05, 3.63) is 33.1 Å². The second kappa shape index (κ2) is 4.12. The summed E-state index contributed by atoms with van der Waals surface area (Å²) in [6, 6.07) is 1.28. The van der Waals surface area contributed by atoms with Crippen molar-refractivity contribution < 1.29 is 9.84 Å². The van der Waals surface area contributed by atoms with Gasteiger partial charge in [-0.15, -0.1) is 0 Å². The van der Waals surface area contributed by atoms with E-state index in [0.717, 1.165) is 0 Å². The van der Waals surface area contributed by atoms with Crippen LogP contribution in [0.2, 0.25) is 0 Å². The van der Waals surface area contributed by atoms with Gasteiger partial charge in [-0.1, -0.05) is 13.8 Å². The standard InChI is InChI=1S/C11H16N2O4/c1-11(2)5-9(17-7(11)6-14)13-4-3-8(15)12-10(13)16/h3-4,7,9,14H,5-6H2,1-2H3,(H,12,15,16)/t7-,9+/m1/s1. The predicted octanol–water partition coefficient (Wildman–Crippen LogP) is -0.157. The number of hydrogen-bond donors (Lipinski definition) is 2. The first kappa shape index (κ1) is 12.1. The number of aromatic nitrogens is 2. The van der Waals surface area contributed by atoms with Crippen molar-refractivity contribution in [3.63, 3.8) is 0 Å². The maximum Gasteiger partial charge on any atom is 0.330 e. The number of rotatable bonds is 2. The van der Waals surface area contributed by atoms with Gasteiger partial charge in [-0.2, -0.15) is 0 Å². The molecule has 6 heteroatoms. The molecule has 6 nitrogen and oxygen atoms in total. The summed E-state index contributed by atoms with van der Waals surface area (Å²) in [5, 5.41) is 9.21. The molecule has 2 atom stereocenters. The summed E-state index contributed by atoms with van der Waals surface area (Å²) in [7, 11) is 0. The molecule has 2 heterocycles. The molecule has 0 radical (unpaired) electrons. The first-order valence-corrected chi connectivity index (χ1v) is 5.52. The summed E-state index contributed by atoms with van der Waals surface area (Å²) < 4.78 is 6.97. The minimum Gasteiger partial charge on any atom is -0.394 e. The third-order valence-electron chi connectivity index (χ3n) is 3.22. The molecule has 0 aromatic carbocycles. The Hall–Kier alpha value is -1.40. The van der Waals surface area contributed by atoms with Gasteiger partial charge in [0.1, 0.15) is 6.23 Å². The summed E-state index contributed by atoms with van der Waals surface area (Å²) in [4.78, 5) is 24.7. The fourth-order valence-electron chi connectivity index (χ4n) is 2.11. The summed E-state index contributed by atoms with van der Waals surface area (Å²) in [5.74, 6) is 0. The summed E-state index contributed by atoms with van der Waals surface area (Å²) in [6.45, 7) is 3.87. The average molecular weight is 240 g/mol. The van der Waals surface area contributed by atoms with Crippen molar-refractivity contribution in [1.82, 2.24) is 9.55 Å². The van der Waals surface area contributed by atoms with E-state index in [-0.39, 0.29) is 18.1 Å². The van der Waals surface area contributed by atoms with Crippen LogP contribution in [-0.2, 0) is 4.74 Å². The minimum atomic E-state index is -0.489. The lowest BCUT2D eigenvalue weighted by atomic mass is 9.85. The van der Waals surface area contributed by atoms with Crippen LogP contribution in [0.5, 0.6) is 0 Å². The number of aliphatic hydroxyl groups is 1. The largest absolute Gasteiger partial charge is 0.394 e. The summed E-state index contributed by atoms with van der Waals surface area (Å²) in [5.41, 5.74) is -1.12. The zero-order valence-electron chi connectivity index (χ0n) is 9.84. The number of aliphatic hydroxyl groups excluding tert-OH is 1. The number of ether oxygens (including phenoxy) is 1. The highest BCUT2D eigenvalue weighted by Gasteiger charge is 2.42. The molecular weight excluding hydrogens is 224 g/mol. The van der Waals surface area contributed by atoms with Gasteiger partial charge in [-0.3, -0.25) is 14.3 Å². The molecule has 0 aliphatic carbocycles. The highest BCUT2D eigenvalue weighted by molar-refractivity contribution is 4.91. The van der Waals surface area contributed by atoms with Gasteiger partial charge in [-0.05, 0) is 5.41 Å². The van der Waals surface area contributed by atoms with Crippen LogP contribution in [0.3, 0.4) is 0 Å². The molecule has 0 unspecified atom stereocenters. The number of aromatic amines is 1. The van der Waals surface area contributed by atoms with Crippen LogP contribution < -0.4 is 11.2 Å². The van der Waals surface area contributed by atoms with Gasteiger partial charge >= 0.3 is 5.69 Å². The Morgan fingerprint density at radius 3 is 2.82 bits per heavy atom. The van der Waals surface area contributed by atoms with Gasteiger partial charge in [0.15, 0.2) is 0 Å². The molecule has 0 saturated carbocycles. The molecule has 1 aliphatic heterocycles. The first-order chi connectivity index (χ1) is 7.94. The number of nitrogens with one attached hydrogen (secondary N) is 1. The Morgan fingerprint density at radius 2 is 2.29 bits per heavy atom. The molecule has 94 valence electrons. The molecule has 2 N–H and O–H groups in total. The van der Waals surface area contributed by atoms with Gasteiger partial charge in [0, 0.05) is 18.7 Å². The Kier molecular flexibility index (Phi) is 2.92. The van der Waals surface area contributed by atoms with E-state index >= 15 is 0 Å². The number of H-pyrrole nitrogens is 1. The topological polar surface area (TPSA) is 84.3 Å². The summed E-state index contributed by atoms with van der Waals surface area (Å²) >= 11 is 0. The average Bonchev–Trinajstić information content (AvgIpc) is 2.53. The Balaban J connectivity index is 2.32. The smallest absolute Gasteiger partial charge is 0.330 e. The van der Waals surface area contributed by atoms with Crippen molar-refractivity contribution in [2.24, 2.45) is 5.41 Å². The van der Waals surface area contributed by atoms with E-state index in [1.165, 1.54) is 16.8 Å². The third-order valence-corrected chi connectivity index (χ3v) is 3.22. The highest BCUT2D eigenvalue weighted by atomic mass is 16.5. The zero-order chi connectivity index (χ0) is 12.6. The van der Waals surface area contributed by atoms with Gasteiger partial charge < -0.3 is 9.84 Å². The second-order valence-corrected chi connectivity index (χ2v) is 4.97. The van der Waals surface area contributed by atoms with E-state index < -0.39 is 17.5 Å². The molecule has 2 rings (SSSR count). The van der Waals surface area contributed by atoms with Crippen molar-refractivity contribution in [2.75, 3.05) is 6.61 Å². The van der Waals surface area contributed by atoms with Crippen molar-refractivity contribution in [2.45, 2.75) is 32.6 Å². The summed E-state index contributed by atoms with van der Waals surface area (Å²) in [6.07, 6.45) is 1.30. The fraction of sp³-hybridized carbons (Fsp3) is 0.636. The van der Waals surface area contributed by atoms with E-state index in [4.69, 9.17) is 4.74 Å². The molecule has 17 heavy (non-hydrogen) atoms. The van der Waals surface area contributed by atoms with Crippen molar-refractivity contribution >= 4 is 0 Å². The molecule has 0 amide bonds. The Morgan fingerprint density at radius 1 is 1.59 bits per heavy atom. The normalized spacial score (nSPS) is 27.2. The van der Waals surface area contributed by atoms with Crippen molar-refractivity contribution in [3.8, 4) is 0 Å².